The first-order valence-electron chi connectivity index (χ1n) is 15.8. The van der Waals surface area contributed by atoms with Crippen molar-refractivity contribution in [1.82, 2.24) is 19.8 Å². The number of aromatic nitrogens is 2. The summed E-state index contributed by atoms with van der Waals surface area (Å²) < 4.78 is 14.9. The molecule has 2 saturated heterocycles. The number of carbonyl (C=O) groups excluding carboxylic acids is 2. The van der Waals surface area contributed by atoms with E-state index < -0.39 is 11.7 Å². The highest BCUT2D eigenvalue weighted by molar-refractivity contribution is 5.97. The number of nitrogens with two attached hydrogens (primary N) is 1. The molecule has 2 aromatic carbocycles. The molecule has 44 heavy (non-hydrogen) atoms. The molecule has 0 spiro atoms. The van der Waals surface area contributed by atoms with Gasteiger partial charge < -0.3 is 20.9 Å². The summed E-state index contributed by atoms with van der Waals surface area (Å²) in [5.41, 5.74) is 8.89. The van der Waals surface area contributed by atoms with Gasteiger partial charge in [0.05, 0.1) is 11.8 Å². The Morgan fingerprint density at radius 1 is 1.02 bits per heavy atom. The van der Waals surface area contributed by atoms with Crippen LogP contribution in [0.1, 0.15) is 76.9 Å². The number of Topliss-reactive ketones (excluding diaryl/α,β-unsaturated/α-hetero) is 1. The fourth-order valence-electron chi connectivity index (χ4n) is 6.48. The van der Waals surface area contributed by atoms with Crippen LogP contribution < -0.4 is 16.0 Å². The fourth-order valence-corrected chi connectivity index (χ4v) is 6.48. The lowest BCUT2D eigenvalue weighted by atomic mass is 9.84. The molecule has 3 N–H and O–H groups in total. The first-order chi connectivity index (χ1) is 21.2. The molecule has 0 unspecified atom stereocenters. The summed E-state index contributed by atoms with van der Waals surface area (Å²) in [6.45, 7) is 7.95. The van der Waals surface area contributed by atoms with Gasteiger partial charge in [0, 0.05) is 57.4 Å². The monoisotopic (exact) mass is 599 g/mol. The van der Waals surface area contributed by atoms with Crippen molar-refractivity contribution < 1.29 is 14.0 Å². The van der Waals surface area contributed by atoms with Crippen LogP contribution in [0.25, 0.3) is 0 Å². The predicted molar refractivity (Wildman–Crippen MR) is 170 cm³/mol. The molecule has 3 aliphatic rings. The maximum absolute atomic E-state index is 14.9. The number of piperazine rings is 1. The third-order valence-corrected chi connectivity index (χ3v) is 9.44. The van der Waals surface area contributed by atoms with Crippen LogP contribution in [0, 0.1) is 11.7 Å². The SMILES string of the molecule is C[C@@H]1[C@H](CC(=O)c2ccc(C3CC3)cc2F)CCCN1c1cnc(C(N)=O)c(Nc2ccc(CN3CCN(C)CC3)cc2)n1. The molecule has 3 aromatic rings. The third-order valence-electron chi connectivity index (χ3n) is 9.44. The van der Waals surface area contributed by atoms with Crippen LogP contribution in [0.2, 0.25) is 0 Å². The molecule has 3 heterocycles. The number of carbonyl (C=O) groups is 2. The van der Waals surface area contributed by atoms with Crippen LogP contribution in [-0.4, -0.2) is 77.3 Å². The van der Waals surface area contributed by atoms with E-state index in [2.05, 4.69) is 51.1 Å². The van der Waals surface area contributed by atoms with E-state index in [1.54, 1.807) is 12.3 Å². The molecule has 1 aromatic heterocycles. The second-order valence-corrected chi connectivity index (χ2v) is 12.7. The number of primary amides is 1. The topological polar surface area (TPSA) is 108 Å². The molecule has 6 rings (SSSR count). The summed E-state index contributed by atoms with van der Waals surface area (Å²) >= 11 is 0. The quantitative estimate of drug-likeness (QED) is 0.315. The van der Waals surface area contributed by atoms with Gasteiger partial charge in [0.15, 0.2) is 17.3 Å². The zero-order valence-corrected chi connectivity index (χ0v) is 25.6. The van der Waals surface area contributed by atoms with Crippen molar-refractivity contribution >= 4 is 29.0 Å². The molecule has 10 heteroatoms. The van der Waals surface area contributed by atoms with Crippen molar-refractivity contribution in [1.29, 1.82) is 0 Å². The summed E-state index contributed by atoms with van der Waals surface area (Å²) in [5, 5.41) is 3.26. The van der Waals surface area contributed by atoms with E-state index in [0.29, 0.717) is 17.6 Å². The van der Waals surface area contributed by atoms with Crippen LogP contribution in [-0.2, 0) is 6.54 Å². The number of nitrogens with one attached hydrogen (secondary N) is 1. The van der Waals surface area contributed by atoms with Gasteiger partial charge in [0.25, 0.3) is 5.91 Å². The molecule has 2 aliphatic heterocycles. The number of halogens is 1. The maximum atomic E-state index is 14.9. The molecule has 232 valence electrons. The van der Waals surface area contributed by atoms with Crippen molar-refractivity contribution in [3.8, 4) is 0 Å². The van der Waals surface area contributed by atoms with E-state index in [9.17, 15) is 14.0 Å². The number of hydrogen-bond donors (Lipinski definition) is 2. The summed E-state index contributed by atoms with van der Waals surface area (Å²) in [4.78, 5) is 41.5. The summed E-state index contributed by atoms with van der Waals surface area (Å²) in [7, 11) is 2.15. The van der Waals surface area contributed by atoms with Gasteiger partial charge in [0.2, 0.25) is 0 Å². The molecule has 9 nitrogen and oxygen atoms in total. The second-order valence-electron chi connectivity index (χ2n) is 12.7. The number of nitrogens with zero attached hydrogens (tertiary/aromatic N) is 5. The summed E-state index contributed by atoms with van der Waals surface area (Å²) in [6.07, 6.45) is 5.74. The fraction of sp³-hybridized carbons (Fsp3) is 0.471. The van der Waals surface area contributed by atoms with E-state index in [-0.39, 0.29) is 35.4 Å². The van der Waals surface area contributed by atoms with Gasteiger partial charge in [-0.2, -0.15) is 0 Å². The molecule has 1 amide bonds. The first-order valence-corrected chi connectivity index (χ1v) is 15.8. The highest BCUT2D eigenvalue weighted by Gasteiger charge is 2.32. The average Bonchev–Trinajstić information content (AvgIpc) is 3.86. The Morgan fingerprint density at radius 3 is 2.45 bits per heavy atom. The Kier molecular flexibility index (Phi) is 8.91. The van der Waals surface area contributed by atoms with E-state index in [0.717, 1.165) is 76.2 Å². The molecule has 3 fully saturated rings. The Morgan fingerprint density at radius 2 is 1.77 bits per heavy atom. The summed E-state index contributed by atoms with van der Waals surface area (Å²) in [5.74, 6) is 0.115. The number of anilines is 3. The number of rotatable bonds is 10. The Bertz CT molecular complexity index is 1500. The van der Waals surface area contributed by atoms with Crippen molar-refractivity contribution in [2.45, 2.75) is 57.5 Å². The van der Waals surface area contributed by atoms with Crippen LogP contribution in [0.15, 0.2) is 48.7 Å². The minimum Gasteiger partial charge on any atom is -0.364 e. The Balaban J connectivity index is 1.14. The number of hydrogen-bond acceptors (Lipinski definition) is 8. The molecule has 1 aliphatic carbocycles. The number of benzene rings is 2. The number of likely N-dealkylation sites (N-methyl/N-ethyl adjacent to an activating group) is 1. The molecular weight excluding hydrogens is 557 g/mol. The molecule has 0 bridgehead atoms. The van der Waals surface area contributed by atoms with Gasteiger partial charge in [-0.25, -0.2) is 14.4 Å². The molecule has 2 atom stereocenters. The second kappa shape index (κ2) is 13.0. The van der Waals surface area contributed by atoms with Gasteiger partial charge in [0.1, 0.15) is 11.6 Å². The van der Waals surface area contributed by atoms with Gasteiger partial charge in [-0.1, -0.05) is 18.2 Å². The van der Waals surface area contributed by atoms with Crippen molar-refractivity contribution in [3.05, 3.63) is 76.9 Å². The highest BCUT2D eigenvalue weighted by Crippen LogP contribution is 2.40. The Labute approximate surface area is 258 Å². The van der Waals surface area contributed by atoms with Crippen LogP contribution >= 0.6 is 0 Å². The maximum Gasteiger partial charge on any atom is 0.271 e. The first kappa shape index (κ1) is 30.1. The highest BCUT2D eigenvalue weighted by atomic mass is 19.1. The zero-order valence-electron chi connectivity index (χ0n) is 25.6. The van der Waals surface area contributed by atoms with Crippen molar-refractivity contribution in [3.63, 3.8) is 0 Å². The number of piperidine rings is 1. The lowest BCUT2D eigenvalue weighted by Crippen LogP contribution is -2.44. The van der Waals surface area contributed by atoms with E-state index in [1.807, 2.05) is 18.2 Å². The van der Waals surface area contributed by atoms with Gasteiger partial charge >= 0.3 is 0 Å². The lowest BCUT2D eigenvalue weighted by molar-refractivity contribution is 0.0940. The van der Waals surface area contributed by atoms with Gasteiger partial charge in [-0.05, 0) is 86.9 Å². The standard InChI is InChI=1S/C34H42FN7O2/c1-22-25(19-30(43)28-12-9-26(18-29(28)35)24-7-8-24)4-3-13-42(22)31-20-37-32(33(36)44)34(39-31)38-27-10-5-23(6-11-27)21-41-16-14-40(2)15-17-41/h5-6,9-12,18,20,22,24-25H,3-4,7-8,13-17,19,21H2,1-2H3,(H2,36,44)(H,38,39)/t22-,25+/m1/s1. The molecular formula is C34H42FN7O2. The van der Waals surface area contributed by atoms with Gasteiger partial charge in [-0.3, -0.25) is 14.5 Å². The third kappa shape index (κ3) is 6.92. The molecule has 1 saturated carbocycles. The van der Waals surface area contributed by atoms with Crippen molar-refractivity contribution in [2.75, 3.05) is 50.0 Å². The smallest absolute Gasteiger partial charge is 0.271 e. The molecule has 0 radical (unpaired) electrons. The van der Waals surface area contributed by atoms with Crippen molar-refractivity contribution in [2.24, 2.45) is 11.7 Å². The minimum absolute atomic E-state index is 0.0284. The van der Waals surface area contributed by atoms with Gasteiger partial charge in [-0.15, -0.1) is 0 Å². The zero-order chi connectivity index (χ0) is 30.8. The van der Waals surface area contributed by atoms with E-state index in [4.69, 9.17) is 10.7 Å². The number of amides is 1. The minimum atomic E-state index is -0.664. The Hall–Kier alpha value is -3.89. The van der Waals surface area contributed by atoms with Crippen LogP contribution in [0.4, 0.5) is 21.7 Å². The predicted octanol–water partition coefficient (Wildman–Crippen LogP) is 4.96. The lowest BCUT2D eigenvalue weighted by Gasteiger charge is -2.40. The van der Waals surface area contributed by atoms with Crippen LogP contribution in [0.5, 0.6) is 0 Å². The largest absolute Gasteiger partial charge is 0.364 e. The summed E-state index contributed by atoms with van der Waals surface area (Å²) in [6, 6.07) is 13.2. The average molecular weight is 600 g/mol. The van der Waals surface area contributed by atoms with E-state index >= 15 is 0 Å². The van der Waals surface area contributed by atoms with Crippen LogP contribution in [0.3, 0.4) is 0 Å². The van der Waals surface area contributed by atoms with E-state index in [1.165, 1.54) is 11.6 Å². The normalized spacial score (nSPS) is 21.3. The number of ketones is 1.